The van der Waals surface area contributed by atoms with Crippen LogP contribution in [0.4, 0.5) is 0 Å². The Kier molecular flexibility index (Phi) is 7.94. The Morgan fingerprint density at radius 3 is 2.39 bits per heavy atom. The molecule has 2 aliphatic heterocycles. The largest absolute Gasteiger partial charge is 0.490 e. The Hall–Kier alpha value is -2.78. The molecule has 3 aromatic rings. The molecule has 1 aromatic heterocycles. The van der Waals surface area contributed by atoms with Crippen molar-refractivity contribution in [3.8, 4) is 17.1 Å². The van der Waals surface area contributed by atoms with Crippen molar-refractivity contribution in [2.75, 3.05) is 26.4 Å². The van der Waals surface area contributed by atoms with Gasteiger partial charge in [0.1, 0.15) is 18.5 Å². The summed E-state index contributed by atoms with van der Waals surface area (Å²) in [5, 5.41) is 4.32. The van der Waals surface area contributed by atoms with E-state index >= 15 is 0 Å². The average molecular weight is 563 g/mol. The quantitative estimate of drug-likeness (QED) is 0.294. The first-order valence-electron chi connectivity index (χ1n) is 15.0. The molecule has 0 amide bonds. The molecule has 2 aromatic carbocycles. The predicted molar refractivity (Wildman–Crippen MR) is 154 cm³/mol. The fourth-order valence-electron chi connectivity index (χ4n) is 7.01. The number of aromatic nitrogens is 2. The van der Waals surface area contributed by atoms with Gasteiger partial charge >= 0.3 is 0 Å². The van der Waals surface area contributed by atoms with Gasteiger partial charge in [-0.15, -0.1) is 0 Å². The lowest BCUT2D eigenvalue weighted by Crippen LogP contribution is -2.54. The number of nitrogens with zero attached hydrogens (tertiary/aromatic N) is 2. The molecule has 41 heavy (non-hydrogen) atoms. The van der Waals surface area contributed by atoms with Crippen molar-refractivity contribution in [2.24, 2.45) is 0 Å². The molecule has 8 nitrogen and oxygen atoms in total. The summed E-state index contributed by atoms with van der Waals surface area (Å²) in [7, 11) is 0. The van der Waals surface area contributed by atoms with Crippen molar-refractivity contribution in [1.29, 1.82) is 0 Å². The average Bonchev–Trinajstić information content (AvgIpc) is 3.71. The minimum atomic E-state index is -0.559. The third-order valence-electron chi connectivity index (χ3n) is 8.83. The van der Waals surface area contributed by atoms with Crippen molar-refractivity contribution in [2.45, 2.75) is 95.7 Å². The second kappa shape index (κ2) is 11.5. The second-order valence-corrected chi connectivity index (χ2v) is 12.2. The summed E-state index contributed by atoms with van der Waals surface area (Å²) in [5.41, 5.74) is 4.09. The predicted octanol–water partition coefficient (Wildman–Crippen LogP) is 6.46. The molecule has 3 fully saturated rings. The van der Waals surface area contributed by atoms with Gasteiger partial charge in [-0.1, -0.05) is 41.9 Å². The van der Waals surface area contributed by atoms with E-state index in [-0.39, 0.29) is 11.5 Å². The maximum absolute atomic E-state index is 6.41. The zero-order chi connectivity index (χ0) is 28.5. The van der Waals surface area contributed by atoms with Gasteiger partial charge in [-0.2, -0.15) is 4.98 Å². The monoisotopic (exact) mass is 562 g/mol. The summed E-state index contributed by atoms with van der Waals surface area (Å²) in [6.07, 6.45) is 6.75. The van der Waals surface area contributed by atoms with Crippen molar-refractivity contribution >= 4 is 0 Å². The Balaban J connectivity index is 1.13. The van der Waals surface area contributed by atoms with Crippen LogP contribution in [-0.4, -0.2) is 54.2 Å². The van der Waals surface area contributed by atoms with Crippen LogP contribution in [0.25, 0.3) is 11.4 Å². The highest BCUT2D eigenvalue weighted by atomic mass is 16.8. The Morgan fingerprint density at radius 1 is 0.951 bits per heavy atom. The van der Waals surface area contributed by atoms with Gasteiger partial charge in [-0.25, -0.2) is 0 Å². The highest BCUT2D eigenvalue weighted by Crippen LogP contribution is 2.53. The van der Waals surface area contributed by atoms with Gasteiger partial charge in [0.05, 0.1) is 19.8 Å². The van der Waals surface area contributed by atoms with E-state index in [0.29, 0.717) is 44.6 Å². The van der Waals surface area contributed by atoms with Gasteiger partial charge in [0.2, 0.25) is 11.7 Å². The summed E-state index contributed by atoms with van der Waals surface area (Å²) in [4.78, 5) is 4.77. The first-order chi connectivity index (χ1) is 19.8. The molecular formula is C33H42N2O6. The fourth-order valence-corrected chi connectivity index (χ4v) is 7.01. The van der Waals surface area contributed by atoms with Crippen LogP contribution in [0.3, 0.4) is 0 Å². The Labute approximate surface area is 242 Å². The van der Waals surface area contributed by atoms with E-state index in [2.05, 4.69) is 47.6 Å². The molecule has 0 N–H and O–H groups in total. The van der Waals surface area contributed by atoms with Crippen LogP contribution in [0, 0.1) is 13.8 Å². The lowest BCUT2D eigenvalue weighted by molar-refractivity contribution is -0.229. The maximum atomic E-state index is 6.41. The SMILES string of the molecule is Cc1cc(-c2noc(CCCC3(c4ccccc4)CCCCC34OCCO4)n2)cc(C)c1OCC1COC(C)(C)O1. The van der Waals surface area contributed by atoms with Crippen LogP contribution in [0.15, 0.2) is 47.0 Å². The molecule has 0 radical (unpaired) electrons. The van der Waals surface area contributed by atoms with Crippen molar-refractivity contribution in [1.82, 2.24) is 10.1 Å². The van der Waals surface area contributed by atoms with E-state index in [9.17, 15) is 0 Å². The minimum Gasteiger partial charge on any atom is -0.490 e. The fraction of sp³-hybridized carbons (Fsp3) is 0.576. The lowest BCUT2D eigenvalue weighted by Gasteiger charge is -2.50. The van der Waals surface area contributed by atoms with Crippen molar-refractivity contribution < 1.29 is 28.2 Å². The highest BCUT2D eigenvalue weighted by molar-refractivity contribution is 5.61. The molecule has 3 heterocycles. The highest BCUT2D eigenvalue weighted by Gasteiger charge is 2.57. The first kappa shape index (κ1) is 28.3. The third-order valence-corrected chi connectivity index (χ3v) is 8.83. The maximum Gasteiger partial charge on any atom is 0.226 e. The van der Waals surface area contributed by atoms with Crippen molar-refractivity contribution in [3.63, 3.8) is 0 Å². The van der Waals surface area contributed by atoms with E-state index in [0.717, 1.165) is 54.5 Å². The second-order valence-electron chi connectivity index (χ2n) is 12.2. The summed E-state index contributed by atoms with van der Waals surface area (Å²) >= 11 is 0. The topological polar surface area (TPSA) is 85.1 Å². The number of rotatable bonds is 9. The Morgan fingerprint density at radius 2 is 1.68 bits per heavy atom. The van der Waals surface area contributed by atoms with Crippen LogP contribution >= 0.6 is 0 Å². The Bertz CT molecular complexity index is 1310. The van der Waals surface area contributed by atoms with Gasteiger partial charge < -0.3 is 28.2 Å². The van der Waals surface area contributed by atoms with E-state index in [1.807, 2.05) is 27.7 Å². The van der Waals surface area contributed by atoms with Crippen LogP contribution in [0.5, 0.6) is 5.75 Å². The van der Waals surface area contributed by atoms with Gasteiger partial charge in [-0.05, 0) is 82.2 Å². The molecule has 220 valence electrons. The van der Waals surface area contributed by atoms with Gasteiger partial charge in [0.15, 0.2) is 11.6 Å². The molecule has 2 atom stereocenters. The molecule has 3 aliphatic rings. The summed E-state index contributed by atoms with van der Waals surface area (Å²) in [5.74, 6) is 1.00. The summed E-state index contributed by atoms with van der Waals surface area (Å²) in [6, 6.07) is 14.9. The van der Waals surface area contributed by atoms with Crippen LogP contribution in [-0.2, 0) is 30.8 Å². The molecule has 1 aliphatic carbocycles. The number of benzene rings is 2. The minimum absolute atomic E-state index is 0.0837. The number of ether oxygens (including phenoxy) is 5. The normalized spacial score (nSPS) is 25.1. The van der Waals surface area contributed by atoms with E-state index in [1.165, 1.54) is 12.0 Å². The molecule has 8 heteroatoms. The van der Waals surface area contributed by atoms with Gasteiger partial charge in [-0.3, -0.25) is 0 Å². The smallest absolute Gasteiger partial charge is 0.226 e. The molecule has 0 bridgehead atoms. The van der Waals surface area contributed by atoms with E-state index < -0.39 is 11.6 Å². The van der Waals surface area contributed by atoms with E-state index in [4.69, 9.17) is 33.2 Å². The molecule has 6 rings (SSSR count). The van der Waals surface area contributed by atoms with Crippen LogP contribution in [0.1, 0.15) is 75.0 Å². The summed E-state index contributed by atoms with van der Waals surface area (Å²) in [6.45, 7) is 10.2. The summed E-state index contributed by atoms with van der Waals surface area (Å²) < 4.78 is 36.2. The van der Waals surface area contributed by atoms with Crippen LogP contribution in [0.2, 0.25) is 0 Å². The standard InChI is InChI=1S/C33H42N2O6/c1-23-19-25(20-24(2)29(23)36-21-27-22-39-31(3,4)40-27)30-34-28(41-35-30)13-10-15-32(26-11-6-5-7-12-26)14-8-9-16-33(32)37-17-18-38-33/h5-7,11-12,19-20,27H,8-10,13-18,21-22H2,1-4H3. The zero-order valence-corrected chi connectivity index (χ0v) is 24.7. The number of hydrogen-bond donors (Lipinski definition) is 0. The van der Waals surface area contributed by atoms with E-state index in [1.54, 1.807) is 0 Å². The molecular weight excluding hydrogens is 520 g/mol. The lowest BCUT2D eigenvalue weighted by atomic mass is 9.62. The third kappa shape index (κ3) is 5.67. The molecule has 1 saturated carbocycles. The molecule has 2 unspecified atom stereocenters. The van der Waals surface area contributed by atoms with Gasteiger partial charge in [0.25, 0.3) is 0 Å². The van der Waals surface area contributed by atoms with Crippen molar-refractivity contribution in [3.05, 3.63) is 65.0 Å². The number of aryl methyl sites for hydroxylation is 3. The first-order valence-corrected chi connectivity index (χ1v) is 15.0. The van der Waals surface area contributed by atoms with Gasteiger partial charge in [0, 0.05) is 23.8 Å². The zero-order valence-electron chi connectivity index (χ0n) is 24.7. The van der Waals surface area contributed by atoms with Crippen LogP contribution < -0.4 is 4.74 Å². The number of hydrogen-bond acceptors (Lipinski definition) is 8. The molecule has 2 saturated heterocycles. The molecule has 1 spiro atoms.